The lowest BCUT2D eigenvalue weighted by atomic mass is 9.93. The first kappa shape index (κ1) is 39.4. The zero-order valence-corrected chi connectivity index (χ0v) is 37.3. The quantitative estimate of drug-likeness (QED) is 0.138. The van der Waals surface area contributed by atoms with Crippen LogP contribution in [0.1, 0.15) is 0 Å². The van der Waals surface area contributed by atoms with Crippen molar-refractivity contribution in [3.63, 3.8) is 0 Å². The Morgan fingerprint density at radius 3 is 1.62 bits per heavy atom. The van der Waals surface area contributed by atoms with Gasteiger partial charge >= 0.3 is 0 Å². The highest BCUT2D eigenvalue weighted by Gasteiger charge is 2.20. The van der Waals surface area contributed by atoms with Gasteiger partial charge in [-0.15, -0.1) is 0 Å². The molecule has 0 bridgehead atoms. The number of fused-ring (bicyclic) bond motifs is 7. The van der Waals surface area contributed by atoms with Crippen LogP contribution in [0.15, 0.2) is 267 Å². The molecule has 0 aliphatic heterocycles. The highest BCUT2D eigenvalue weighted by molar-refractivity contribution is 6.16. The fourth-order valence-corrected chi connectivity index (χ4v) is 10.6. The van der Waals surface area contributed by atoms with Crippen molar-refractivity contribution >= 4 is 71.2 Å². The fourth-order valence-electron chi connectivity index (χ4n) is 10.6. The summed E-state index contributed by atoms with van der Waals surface area (Å²) in [6.07, 6.45) is 0. The number of para-hydroxylation sites is 3. The van der Waals surface area contributed by atoms with E-state index in [1.165, 1.54) is 87.5 Å². The Morgan fingerprint density at radius 2 is 0.824 bits per heavy atom. The second-order valence-corrected chi connectivity index (χ2v) is 17.7. The molecule has 1 heterocycles. The minimum absolute atomic E-state index is 1.08. The van der Waals surface area contributed by atoms with Crippen LogP contribution in [0.2, 0.25) is 0 Å². The summed E-state index contributed by atoms with van der Waals surface area (Å²) in [6, 6.07) is 97.5. The van der Waals surface area contributed by atoms with Crippen LogP contribution in [0, 0.1) is 0 Å². The summed E-state index contributed by atoms with van der Waals surface area (Å²) in [5.41, 5.74) is 16.3. The Bertz CT molecular complexity index is 4010. The Hall–Kier alpha value is -8.98. The standard InChI is InChI=1S/C66H44N2/c1-2-21-53(22-3-1)68-64-30-13-11-27-61(64)66-58(28-15-31-65(66)68)51-20-14-19-50(43-51)57-24-10-12-29-63(57)67(54-38-34-46(35-39-54)49-33-32-45-16-4-5-17-48(45)42-49)55-40-36-47(37-41-55)62-44-52-18-6-7-23-56(52)59-25-8-9-26-60(59)62/h1-44H. The summed E-state index contributed by atoms with van der Waals surface area (Å²) < 4.78 is 2.39. The average Bonchev–Trinajstić information content (AvgIpc) is 3.76. The molecule has 0 saturated heterocycles. The average molecular weight is 865 g/mol. The Labute approximate surface area is 395 Å². The topological polar surface area (TPSA) is 8.17 Å². The van der Waals surface area contributed by atoms with Crippen LogP contribution in [0.4, 0.5) is 17.1 Å². The van der Waals surface area contributed by atoms with E-state index in [4.69, 9.17) is 0 Å². The highest BCUT2D eigenvalue weighted by Crippen LogP contribution is 2.45. The largest absolute Gasteiger partial charge is 0.310 e. The highest BCUT2D eigenvalue weighted by atomic mass is 15.1. The van der Waals surface area contributed by atoms with E-state index in [-0.39, 0.29) is 0 Å². The minimum atomic E-state index is 1.08. The molecule has 0 saturated carbocycles. The van der Waals surface area contributed by atoms with Gasteiger partial charge in [0.05, 0.1) is 16.7 Å². The van der Waals surface area contributed by atoms with Gasteiger partial charge in [0.1, 0.15) is 0 Å². The first-order valence-corrected chi connectivity index (χ1v) is 23.4. The van der Waals surface area contributed by atoms with E-state index in [0.717, 1.165) is 33.9 Å². The number of rotatable bonds is 8. The number of hydrogen-bond acceptors (Lipinski definition) is 1. The van der Waals surface area contributed by atoms with Gasteiger partial charge in [-0.2, -0.15) is 0 Å². The van der Waals surface area contributed by atoms with E-state index < -0.39 is 0 Å². The van der Waals surface area contributed by atoms with E-state index >= 15 is 0 Å². The lowest BCUT2D eigenvalue weighted by molar-refractivity contribution is 1.18. The SMILES string of the molecule is c1ccc(-n2c3ccccc3c3c(-c4cccc(-c5ccccc5N(c5ccc(-c6ccc7ccccc7c6)cc5)c5ccc(-c6cc7ccccc7c7ccccc67)cc5)c4)cccc32)cc1. The fraction of sp³-hybridized carbons (Fsp3) is 0. The van der Waals surface area contributed by atoms with E-state index in [0.29, 0.717) is 0 Å². The molecule has 0 atom stereocenters. The number of aromatic nitrogens is 1. The summed E-state index contributed by atoms with van der Waals surface area (Å²) in [6.45, 7) is 0. The predicted octanol–water partition coefficient (Wildman–Crippen LogP) is 18.4. The Morgan fingerprint density at radius 1 is 0.265 bits per heavy atom. The molecule has 2 nitrogen and oxygen atoms in total. The van der Waals surface area contributed by atoms with Crippen molar-refractivity contribution in [3.8, 4) is 50.2 Å². The van der Waals surface area contributed by atoms with Crippen molar-refractivity contribution in [2.45, 2.75) is 0 Å². The summed E-state index contributed by atoms with van der Waals surface area (Å²) in [5, 5.41) is 10.0. The number of benzene rings is 12. The van der Waals surface area contributed by atoms with Crippen LogP contribution in [0.3, 0.4) is 0 Å². The van der Waals surface area contributed by atoms with Crippen molar-refractivity contribution in [2.75, 3.05) is 4.90 Å². The monoisotopic (exact) mass is 864 g/mol. The number of nitrogens with zero attached hydrogens (tertiary/aromatic N) is 2. The molecule has 318 valence electrons. The summed E-state index contributed by atoms with van der Waals surface area (Å²) in [7, 11) is 0. The van der Waals surface area contributed by atoms with Gasteiger partial charge in [0.25, 0.3) is 0 Å². The molecule has 0 amide bonds. The van der Waals surface area contributed by atoms with E-state index in [9.17, 15) is 0 Å². The third kappa shape index (κ3) is 6.73. The second-order valence-electron chi connectivity index (χ2n) is 17.7. The van der Waals surface area contributed by atoms with Crippen LogP contribution < -0.4 is 4.90 Å². The Balaban J connectivity index is 0.951. The molecule has 68 heavy (non-hydrogen) atoms. The zero-order valence-electron chi connectivity index (χ0n) is 37.3. The van der Waals surface area contributed by atoms with Crippen LogP contribution in [0.5, 0.6) is 0 Å². The van der Waals surface area contributed by atoms with Gasteiger partial charge in [0, 0.05) is 33.4 Å². The molecule has 0 aliphatic carbocycles. The van der Waals surface area contributed by atoms with E-state index in [1.54, 1.807) is 0 Å². The molecule has 0 unspecified atom stereocenters. The van der Waals surface area contributed by atoms with Crippen molar-refractivity contribution in [3.05, 3.63) is 267 Å². The van der Waals surface area contributed by atoms with Crippen molar-refractivity contribution < 1.29 is 0 Å². The minimum Gasteiger partial charge on any atom is -0.310 e. The lowest BCUT2D eigenvalue weighted by Crippen LogP contribution is -2.11. The Kier molecular flexibility index (Phi) is 9.54. The molecular formula is C66H44N2. The third-order valence-electron chi connectivity index (χ3n) is 13.8. The molecule has 13 rings (SSSR count). The lowest BCUT2D eigenvalue weighted by Gasteiger charge is -2.28. The molecule has 0 N–H and O–H groups in total. The first-order chi connectivity index (χ1) is 33.7. The van der Waals surface area contributed by atoms with Gasteiger partial charge in [-0.3, -0.25) is 0 Å². The van der Waals surface area contributed by atoms with Gasteiger partial charge in [0.15, 0.2) is 0 Å². The first-order valence-electron chi connectivity index (χ1n) is 23.4. The van der Waals surface area contributed by atoms with Gasteiger partial charge < -0.3 is 9.47 Å². The molecule has 1 aromatic heterocycles. The summed E-state index contributed by atoms with van der Waals surface area (Å²) in [5.74, 6) is 0. The molecule has 0 spiro atoms. The van der Waals surface area contributed by atoms with Gasteiger partial charge in [-0.1, -0.05) is 194 Å². The van der Waals surface area contributed by atoms with Crippen molar-refractivity contribution in [2.24, 2.45) is 0 Å². The molecule has 0 radical (unpaired) electrons. The maximum Gasteiger partial charge on any atom is 0.0547 e. The molecular weight excluding hydrogens is 821 g/mol. The summed E-state index contributed by atoms with van der Waals surface area (Å²) >= 11 is 0. The van der Waals surface area contributed by atoms with Gasteiger partial charge in [-0.05, 0) is 144 Å². The molecule has 13 aromatic rings. The molecule has 0 aliphatic rings. The van der Waals surface area contributed by atoms with Gasteiger partial charge in [-0.25, -0.2) is 0 Å². The normalized spacial score (nSPS) is 11.5. The van der Waals surface area contributed by atoms with Crippen LogP contribution in [0.25, 0.3) is 104 Å². The van der Waals surface area contributed by atoms with Crippen molar-refractivity contribution in [1.29, 1.82) is 0 Å². The zero-order chi connectivity index (χ0) is 45.0. The van der Waals surface area contributed by atoms with Gasteiger partial charge in [0.2, 0.25) is 0 Å². The molecule has 2 heteroatoms. The van der Waals surface area contributed by atoms with Crippen LogP contribution in [-0.2, 0) is 0 Å². The van der Waals surface area contributed by atoms with Crippen LogP contribution >= 0.6 is 0 Å². The predicted molar refractivity (Wildman–Crippen MR) is 290 cm³/mol. The molecule has 12 aromatic carbocycles. The van der Waals surface area contributed by atoms with E-state index in [2.05, 4.69) is 276 Å². The molecule has 0 fully saturated rings. The van der Waals surface area contributed by atoms with E-state index in [1.807, 2.05) is 0 Å². The van der Waals surface area contributed by atoms with Crippen LogP contribution in [-0.4, -0.2) is 4.57 Å². The van der Waals surface area contributed by atoms with Crippen molar-refractivity contribution in [1.82, 2.24) is 4.57 Å². The number of hydrogen-bond donors (Lipinski definition) is 0. The smallest absolute Gasteiger partial charge is 0.0547 e. The third-order valence-corrected chi connectivity index (χ3v) is 13.8. The maximum absolute atomic E-state index is 2.42. The second kappa shape index (κ2) is 16.5. The number of anilines is 3. The maximum atomic E-state index is 2.42. The summed E-state index contributed by atoms with van der Waals surface area (Å²) in [4.78, 5) is 2.42.